The largest absolute Gasteiger partial charge is 0.396 e. The van der Waals surface area contributed by atoms with Gasteiger partial charge in [-0.05, 0) is 68.6 Å². The monoisotopic (exact) mass is 533 g/mol. The highest BCUT2D eigenvalue weighted by Gasteiger charge is 2.33. The Bertz CT molecular complexity index is 539. The Morgan fingerprint density at radius 3 is 1.53 bits per heavy atom. The third-order valence-electron chi connectivity index (χ3n) is 9.01. The summed E-state index contributed by atoms with van der Waals surface area (Å²) in [5, 5.41) is 18.1. The molecule has 38 heavy (non-hydrogen) atoms. The van der Waals surface area contributed by atoms with Crippen molar-refractivity contribution in [3.8, 4) is 0 Å². The summed E-state index contributed by atoms with van der Waals surface area (Å²) in [4.78, 5) is 0. The van der Waals surface area contributed by atoms with Crippen LogP contribution in [0.1, 0.15) is 168 Å². The van der Waals surface area contributed by atoms with Crippen molar-refractivity contribution in [1.29, 1.82) is 0 Å². The van der Waals surface area contributed by atoms with Crippen LogP contribution in [0.5, 0.6) is 0 Å². The van der Waals surface area contributed by atoms with Gasteiger partial charge in [0.05, 0.1) is 0 Å². The molecule has 0 aliphatic heterocycles. The zero-order valence-corrected chi connectivity index (χ0v) is 25.9. The van der Waals surface area contributed by atoms with E-state index in [0.717, 1.165) is 36.5 Å². The van der Waals surface area contributed by atoms with E-state index in [1.165, 1.54) is 141 Å². The van der Waals surface area contributed by atoms with Crippen molar-refractivity contribution in [2.24, 2.45) is 23.7 Å². The molecular weight excluding hydrogens is 464 g/mol. The standard InChI is InChI=1S/C36H68O2/c1-3-5-7-9-15-21-27-35-33(25-19-8-6-4-2)29-30-34(26-20-14-10-12-17-23-31-37)36(35)28-22-16-11-13-18-24-32-38/h21,27,29-30,33-38H,3-20,22-26,28,31-32H2,1-2H3. The molecule has 1 aliphatic carbocycles. The molecule has 0 fully saturated rings. The van der Waals surface area contributed by atoms with Crippen LogP contribution in [-0.2, 0) is 0 Å². The summed E-state index contributed by atoms with van der Waals surface area (Å²) in [6, 6.07) is 0. The molecule has 0 aromatic heterocycles. The molecule has 224 valence electrons. The Kier molecular flexibility index (Phi) is 24.8. The molecule has 0 aromatic carbocycles. The van der Waals surface area contributed by atoms with Gasteiger partial charge in [-0.15, -0.1) is 0 Å². The quantitative estimate of drug-likeness (QED) is 0.0815. The number of hydrogen-bond acceptors (Lipinski definition) is 2. The van der Waals surface area contributed by atoms with Gasteiger partial charge < -0.3 is 10.2 Å². The second-order valence-corrected chi connectivity index (χ2v) is 12.3. The van der Waals surface area contributed by atoms with Crippen molar-refractivity contribution in [3.63, 3.8) is 0 Å². The number of hydrogen-bond donors (Lipinski definition) is 2. The normalized spacial score (nSPS) is 21.6. The number of unbranched alkanes of at least 4 members (excludes halogenated alkanes) is 17. The molecule has 0 saturated carbocycles. The van der Waals surface area contributed by atoms with Crippen molar-refractivity contribution in [3.05, 3.63) is 24.3 Å². The minimum Gasteiger partial charge on any atom is -0.396 e. The highest BCUT2D eigenvalue weighted by molar-refractivity contribution is 5.10. The zero-order chi connectivity index (χ0) is 27.5. The maximum absolute atomic E-state index is 9.06. The van der Waals surface area contributed by atoms with Crippen LogP contribution < -0.4 is 0 Å². The second kappa shape index (κ2) is 26.6. The summed E-state index contributed by atoms with van der Waals surface area (Å²) >= 11 is 0. The van der Waals surface area contributed by atoms with Crippen molar-refractivity contribution in [2.45, 2.75) is 168 Å². The highest BCUT2D eigenvalue weighted by atomic mass is 16.3. The average Bonchev–Trinajstić information content (AvgIpc) is 2.93. The second-order valence-electron chi connectivity index (χ2n) is 12.3. The summed E-state index contributed by atoms with van der Waals surface area (Å²) in [5.74, 6) is 3.04. The van der Waals surface area contributed by atoms with Crippen molar-refractivity contribution < 1.29 is 10.2 Å². The molecule has 2 heteroatoms. The van der Waals surface area contributed by atoms with Crippen LogP contribution in [0.4, 0.5) is 0 Å². The van der Waals surface area contributed by atoms with Gasteiger partial charge in [-0.2, -0.15) is 0 Å². The summed E-state index contributed by atoms with van der Waals surface area (Å²) in [6.45, 7) is 5.33. The van der Waals surface area contributed by atoms with Crippen LogP contribution in [0.15, 0.2) is 24.3 Å². The summed E-state index contributed by atoms with van der Waals surface area (Å²) < 4.78 is 0. The molecule has 0 heterocycles. The molecule has 1 aliphatic rings. The molecule has 0 bridgehead atoms. The molecule has 0 saturated heterocycles. The molecule has 1 rings (SSSR count). The van der Waals surface area contributed by atoms with Crippen LogP contribution in [0, 0.1) is 23.7 Å². The Hall–Kier alpha value is -0.600. The molecule has 0 amide bonds. The van der Waals surface area contributed by atoms with Crippen LogP contribution in [-0.4, -0.2) is 23.4 Å². The summed E-state index contributed by atoms with van der Waals surface area (Å²) in [5.41, 5.74) is 0. The fourth-order valence-corrected chi connectivity index (χ4v) is 6.60. The Morgan fingerprint density at radius 2 is 0.947 bits per heavy atom. The van der Waals surface area contributed by atoms with E-state index in [0.29, 0.717) is 13.2 Å². The number of aliphatic hydroxyl groups is 2. The molecule has 4 atom stereocenters. The Labute approximate surface area is 239 Å². The van der Waals surface area contributed by atoms with E-state index < -0.39 is 0 Å². The van der Waals surface area contributed by atoms with Gasteiger partial charge in [0.15, 0.2) is 0 Å². The summed E-state index contributed by atoms with van der Waals surface area (Å²) in [6.07, 6.45) is 41.9. The minimum absolute atomic E-state index is 0.350. The first-order valence-corrected chi connectivity index (χ1v) is 17.3. The van der Waals surface area contributed by atoms with Crippen LogP contribution in [0.3, 0.4) is 0 Å². The van der Waals surface area contributed by atoms with Crippen LogP contribution >= 0.6 is 0 Å². The molecule has 0 spiro atoms. The van der Waals surface area contributed by atoms with E-state index in [4.69, 9.17) is 10.2 Å². The first kappa shape index (κ1) is 35.4. The number of aliphatic hydroxyl groups excluding tert-OH is 2. The van der Waals surface area contributed by atoms with Crippen LogP contribution in [0.25, 0.3) is 0 Å². The lowest BCUT2D eigenvalue weighted by molar-refractivity contribution is 0.196. The maximum atomic E-state index is 9.06. The Morgan fingerprint density at radius 1 is 0.500 bits per heavy atom. The van der Waals surface area contributed by atoms with E-state index in [-0.39, 0.29) is 0 Å². The summed E-state index contributed by atoms with van der Waals surface area (Å²) in [7, 11) is 0. The van der Waals surface area contributed by atoms with Gasteiger partial charge in [0, 0.05) is 13.2 Å². The van der Waals surface area contributed by atoms with Crippen molar-refractivity contribution >= 4 is 0 Å². The van der Waals surface area contributed by atoms with Crippen molar-refractivity contribution in [2.75, 3.05) is 13.2 Å². The fourth-order valence-electron chi connectivity index (χ4n) is 6.60. The average molecular weight is 533 g/mol. The van der Waals surface area contributed by atoms with Crippen molar-refractivity contribution in [1.82, 2.24) is 0 Å². The zero-order valence-electron chi connectivity index (χ0n) is 25.9. The van der Waals surface area contributed by atoms with Crippen LogP contribution in [0.2, 0.25) is 0 Å². The Balaban J connectivity index is 2.78. The van der Waals surface area contributed by atoms with Gasteiger partial charge in [0.25, 0.3) is 0 Å². The molecule has 0 aromatic rings. The third kappa shape index (κ3) is 17.9. The molecule has 2 nitrogen and oxygen atoms in total. The molecular formula is C36H68O2. The fraction of sp³-hybridized carbons (Fsp3) is 0.889. The third-order valence-corrected chi connectivity index (χ3v) is 9.01. The van der Waals surface area contributed by atoms with E-state index in [9.17, 15) is 0 Å². The van der Waals surface area contributed by atoms with Gasteiger partial charge in [-0.3, -0.25) is 0 Å². The van der Waals surface area contributed by atoms with Gasteiger partial charge in [-0.1, -0.05) is 147 Å². The number of rotatable bonds is 27. The lowest BCUT2D eigenvalue weighted by Crippen LogP contribution is -2.30. The van der Waals surface area contributed by atoms with E-state index in [2.05, 4.69) is 38.2 Å². The van der Waals surface area contributed by atoms with Gasteiger partial charge in [0.2, 0.25) is 0 Å². The predicted octanol–water partition coefficient (Wildman–Crippen LogP) is 11.0. The van der Waals surface area contributed by atoms with Gasteiger partial charge in [0.1, 0.15) is 0 Å². The van der Waals surface area contributed by atoms with Gasteiger partial charge >= 0.3 is 0 Å². The first-order valence-electron chi connectivity index (χ1n) is 17.3. The smallest absolute Gasteiger partial charge is 0.0431 e. The highest BCUT2D eigenvalue weighted by Crippen LogP contribution is 2.43. The lowest BCUT2D eigenvalue weighted by Gasteiger charge is -2.39. The van der Waals surface area contributed by atoms with E-state index in [1.54, 1.807) is 0 Å². The number of allylic oxidation sites excluding steroid dienone is 4. The minimum atomic E-state index is 0.350. The van der Waals surface area contributed by atoms with Gasteiger partial charge in [-0.25, -0.2) is 0 Å². The lowest BCUT2D eigenvalue weighted by atomic mass is 9.66. The van der Waals surface area contributed by atoms with E-state index in [1.807, 2.05) is 0 Å². The molecule has 0 radical (unpaired) electrons. The van der Waals surface area contributed by atoms with E-state index >= 15 is 0 Å². The predicted molar refractivity (Wildman–Crippen MR) is 169 cm³/mol. The maximum Gasteiger partial charge on any atom is 0.0431 e. The first-order chi connectivity index (χ1) is 18.8. The molecule has 2 N–H and O–H groups in total. The molecule has 4 unspecified atom stereocenters. The SMILES string of the molecule is CCCCCCC=CC1C(CCCCCC)C=CC(CCCCCCCCO)C1CCCCCCCCO. The topological polar surface area (TPSA) is 40.5 Å².